The van der Waals surface area contributed by atoms with E-state index in [0.29, 0.717) is 0 Å². The van der Waals surface area contributed by atoms with Crippen LogP contribution < -0.4 is 0 Å². The quantitative estimate of drug-likeness (QED) is 0.215. The Labute approximate surface area is 89.9 Å². The summed E-state index contributed by atoms with van der Waals surface area (Å²) >= 11 is 0. The third kappa shape index (κ3) is 2.82. The van der Waals surface area contributed by atoms with E-state index in [9.17, 15) is 19.8 Å². The minimum Gasteiger partial charge on any atom is -0.391 e. The first-order valence-electron chi connectivity index (χ1n) is 4.48. The first-order chi connectivity index (χ1) is 7.36. The van der Waals surface area contributed by atoms with Gasteiger partial charge in [0.2, 0.25) is 5.78 Å². The molecule has 92 valence electrons. The molecule has 0 spiro atoms. The van der Waals surface area contributed by atoms with Crippen molar-refractivity contribution in [1.82, 2.24) is 0 Å². The van der Waals surface area contributed by atoms with Crippen molar-refractivity contribution >= 4 is 11.6 Å². The number of hydrogen-bond donors (Lipinski definition) is 4. The Morgan fingerprint density at radius 3 is 1.94 bits per heavy atom. The van der Waals surface area contributed by atoms with Crippen LogP contribution in [0.2, 0.25) is 0 Å². The summed E-state index contributed by atoms with van der Waals surface area (Å²) in [6.45, 7) is 1.15. The summed E-state index contributed by atoms with van der Waals surface area (Å²) in [6, 6.07) is 0. The van der Waals surface area contributed by atoms with Crippen LogP contribution in [-0.2, 0) is 19.4 Å². The first kappa shape index (κ1) is 13.2. The van der Waals surface area contributed by atoms with Crippen molar-refractivity contribution in [2.24, 2.45) is 0 Å². The Morgan fingerprint density at radius 2 is 1.56 bits per heavy atom. The second-order valence-electron chi connectivity index (χ2n) is 3.42. The summed E-state index contributed by atoms with van der Waals surface area (Å²) in [5, 5.41) is 36.6. The van der Waals surface area contributed by atoms with Crippen molar-refractivity contribution in [3.05, 3.63) is 0 Å². The van der Waals surface area contributed by atoms with Gasteiger partial charge in [-0.25, -0.2) is 0 Å². The molecule has 0 aromatic heterocycles. The molecule has 0 amide bonds. The number of rotatable bonds is 6. The number of carbonyl (C=O) groups excluding carboxylic acids is 2. The Balaban J connectivity index is 2.58. The van der Waals surface area contributed by atoms with E-state index in [-0.39, 0.29) is 0 Å². The van der Waals surface area contributed by atoms with E-state index >= 15 is 0 Å². The highest BCUT2D eigenvalue weighted by atomic mass is 17.4. The summed E-state index contributed by atoms with van der Waals surface area (Å²) in [5.41, 5.74) is 0. The molecule has 4 atom stereocenters. The van der Waals surface area contributed by atoms with Crippen LogP contribution in [0.3, 0.4) is 0 Å². The largest absolute Gasteiger partial charge is 0.391 e. The zero-order valence-corrected chi connectivity index (χ0v) is 8.31. The van der Waals surface area contributed by atoms with Crippen molar-refractivity contribution in [3.63, 3.8) is 0 Å². The summed E-state index contributed by atoms with van der Waals surface area (Å²) in [4.78, 5) is 30.3. The molecule has 0 radical (unpaired) electrons. The fourth-order valence-corrected chi connectivity index (χ4v) is 1.00. The van der Waals surface area contributed by atoms with Gasteiger partial charge in [0.05, 0.1) is 6.10 Å². The predicted molar refractivity (Wildman–Crippen MR) is 45.7 cm³/mol. The third-order valence-corrected chi connectivity index (χ3v) is 2.09. The normalized spacial score (nSPS) is 23.3. The molecule has 0 bridgehead atoms. The number of Topliss-reactive ketones (excluding diaryl/α,β-unsaturated/α-hetero) is 2. The van der Waals surface area contributed by atoms with Gasteiger partial charge in [-0.15, -0.1) is 0 Å². The fourth-order valence-electron chi connectivity index (χ4n) is 1.00. The molecule has 0 unspecified atom stereocenters. The van der Waals surface area contributed by atoms with Crippen molar-refractivity contribution < 1.29 is 39.8 Å². The fraction of sp³-hybridized carbons (Fsp3) is 0.750. The van der Waals surface area contributed by atoms with Gasteiger partial charge in [-0.2, -0.15) is 9.78 Å². The minimum atomic E-state index is -2.13. The Hall–Kier alpha value is -0.900. The smallest absolute Gasteiger partial charge is 0.289 e. The lowest BCUT2D eigenvalue weighted by Gasteiger charge is -2.23. The van der Waals surface area contributed by atoms with E-state index in [4.69, 9.17) is 10.2 Å². The van der Waals surface area contributed by atoms with Crippen LogP contribution >= 0.6 is 0 Å². The Morgan fingerprint density at radius 1 is 1.06 bits per heavy atom. The van der Waals surface area contributed by atoms with E-state index in [2.05, 4.69) is 9.78 Å². The minimum absolute atomic E-state index is 1.15. The van der Waals surface area contributed by atoms with E-state index in [1.54, 1.807) is 0 Å². The monoisotopic (exact) mass is 236 g/mol. The van der Waals surface area contributed by atoms with Gasteiger partial charge < -0.3 is 20.4 Å². The highest BCUT2D eigenvalue weighted by Crippen LogP contribution is 2.15. The van der Waals surface area contributed by atoms with Crippen molar-refractivity contribution in [2.75, 3.05) is 0 Å². The van der Waals surface area contributed by atoms with Gasteiger partial charge >= 0.3 is 0 Å². The molecule has 0 aromatic rings. The molecule has 0 aromatic carbocycles. The van der Waals surface area contributed by atoms with Gasteiger partial charge in [0.25, 0.3) is 12.1 Å². The van der Waals surface area contributed by atoms with Gasteiger partial charge in [0.15, 0.2) is 0 Å². The SMILES string of the molecule is C[C@@H](O)[C@H](O)[C@H](O)[C@@H](O)C(=O)C(=O)C1OO1. The molecular weight excluding hydrogens is 224 g/mol. The summed E-state index contributed by atoms with van der Waals surface area (Å²) in [7, 11) is 0. The average Bonchev–Trinajstić information content (AvgIpc) is 3.07. The first-order valence-corrected chi connectivity index (χ1v) is 4.48. The molecule has 1 aliphatic rings. The Bertz CT molecular complexity index is 284. The lowest BCUT2D eigenvalue weighted by Crippen LogP contribution is -2.49. The second kappa shape index (κ2) is 4.95. The van der Waals surface area contributed by atoms with Crippen LogP contribution in [0.15, 0.2) is 0 Å². The molecule has 1 rings (SSSR count). The molecule has 8 nitrogen and oxygen atoms in total. The van der Waals surface area contributed by atoms with Crippen LogP contribution in [0.1, 0.15) is 6.92 Å². The lowest BCUT2D eigenvalue weighted by molar-refractivity contribution is -0.152. The number of carbonyl (C=O) groups is 2. The van der Waals surface area contributed by atoms with Crippen LogP contribution in [0, 0.1) is 0 Å². The number of ketones is 2. The van der Waals surface area contributed by atoms with Gasteiger partial charge in [-0.1, -0.05) is 0 Å². The molecule has 1 aliphatic heterocycles. The molecule has 1 saturated heterocycles. The summed E-state index contributed by atoms with van der Waals surface area (Å²) < 4.78 is 0. The molecule has 16 heavy (non-hydrogen) atoms. The van der Waals surface area contributed by atoms with Crippen LogP contribution in [-0.4, -0.2) is 62.7 Å². The molecular formula is C8H12O8. The molecule has 4 N–H and O–H groups in total. The number of hydrogen-bond acceptors (Lipinski definition) is 8. The molecule has 1 heterocycles. The van der Waals surface area contributed by atoms with Gasteiger partial charge in [-0.05, 0) is 6.92 Å². The van der Waals surface area contributed by atoms with Crippen molar-refractivity contribution in [3.8, 4) is 0 Å². The topological polar surface area (TPSA) is 140 Å². The van der Waals surface area contributed by atoms with Crippen LogP contribution in [0.4, 0.5) is 0 Å². The van der Waals surface area contributed by atoms with Gasteiger partial charge in [0.1, 0.15) is 18.3 Å². The maximum absolute atomic E-state index is 11.2. The maximum Gasteiger partial charge on any atom is 0.289 e. The van der Waals surface area contributed by atoms with E-state index in [1.807, 2.05) is 0 Å². The molecule has 1 fully saturated rings. The lowest BCUT2D eigenvalue weighted by atomic mass is 9.99. The van der Waals surface area contributed by atoms with E-state index in [0.717, 1.165) is 6.92 Å². The van der Waals surface area contributed by atoms with E-state index in [1.165, 1.54) is 0 Å². The highest BCUT2D eigenvalue weighted by molar-refractivity contribution is 6.40. The molecule has 0 aliphatic carbocycles. The standard InChI is InChI=1S/C8H12O8/c1-2(9)3(10)4(11)5(12)6(13)7(14)8-15-16-8/h2-5,8-12H,1H3/t2-,3+,4+,5-/m1/s1. The zero-order chi connectivity index (χ0) is 12.5. The Kier molecular flexibility index (Phi) is 4.08. The summed E-state index contributed by atoms with van der Waals surface area (Å²) in [5.74, 6) is -2.51. The molecule has 0 saturated carbocycles. The highest BCUT2D eigenvalue weighted by Gasteiger charge is 2.44. The number of aliphatic hydroxyl groups is 4. The van der Waals surface area contributed by atoms with Crippen molar-refractivity contribution in [1.29, 1.82) is 0 Å². The average molecular weight is 236 g/mol. The maximum atomic E-state index is 11.2. The number of aliphatic hydroxyl groups excluding tert-OH is 4. The van der Waals surface area contributed by atoms with Crippen LogP contribution in [0.25, 0.3) is 0 Å². The van der Waals surface area contributed by atoms with Gasteiger partial charge in [0, 0.05) is 0 Å². The van der Waals surface area contributed by atoms with Gasteiger partial charge in [-0.3, -0.25) is 9.59 Å². The summed E-state index contributed by atoms with van der Waals surface area (Å²) in [6.07, 6.45) is -8.55. The van der Waals surface area contributed by atoms with Crippen LogP contribution in [0.5, 0.6) is 0 Å². The zero-order valence-electron chi connectivity index (χ0n) is 8.31. The van der Waals surface area contributed by atoms with Crippen molar-refractivity contribution in [2.45, 2.75) is 37.6 Å². The second-order valence-corrected chi connectivity index (χ2v) is 3.42. The van der Waals surface area contributed by atoms with E-state index < -0.39 is 42.3 Å². The predicted octanol–water partition coefficient (Wildman–Crippen LogP) is -3.12. The third-order valence-electron chi connectivity index (χ3n) is 2.09. The molecule has 8 heteroatoms.